The van der Waals surface area contributed by atoms with E-state index in [4.69, 9.17) is 19.4 Å². The van der Waals surface area contributed by atoms with Gasteiger partial charge in [-0.1, -0.05) is 170 Å². The Morgan fingerprint density at radius 3 is 1.89 bits per heavy atom. The number of hydrogen-bond donors (Lipinski definition) is 0. The minimum Gasteiger partial charge on any atom is -0.456 e. The molecule has 0 bridgehead atoms. The molecule has 3 aromatic heterocycles. The second-order valence-corrected chi connectivity index (χ2v) is 16.2. The van der Waals surface area contributed by atoms with Gasteiger partial charge in [-0.05, 0) is 65.9 Å². The Balaban J connectivity index is 1.13. The summed E-state index contributed by atoms with van der Waals surface area (Å²) >= 11 is 0. The average molecular weight is 797 g/mol. The van der Waals surface area contributed by atoms with Gasteiger partial charge in [0.1, 0.15) is 17.0 Å². The molecule has 2 aliphatic carbocycles. The highest BCUT2D eigenvalue weighted by molar-refractivity contribution is 6.27. The molecule has 294 valence electrons. The molecule has 0 amide bonds. The maximum absolute atomic E-state index is 6.46. The van der Waals surface area contributed by atoms with Crippen LogP contribution in [0.2, 0.25) is 0 Å². The molecule has 0 radical (unpaired) electrons. The molecule has 5 heteroatoms. The number of nitrogens with zero attached hydrogens (tertiary/aromatic N) is 4. The summed E-state index contributed by atoms with van der Waals surface area (Å²) in [6.07, 6.45) is 17.1. The molecule has 7 aromatic carbocycles. The summed E-state index contributed by atoms with van der Waals surface area (Å²) in [6.45, 7) is 0. The van der Waals surface area contributed by atoms with Crippen LogP contribution in [0.25, 0.3) is 88.6 Å². The number of para-hydroxylation sites is 2. The summed E-state index contributed by atoms with van der Waals surface area (Å²) in [7, 11) is 0. The summed E-state index contributed by atoms with van der Waals surface area (Å²) in [5, 5.41) is 4.59. The zero-order valence-electron chi connectivity index (χ0n) is 33.9. The SMILES string of the molecule is C1=CC[C@H](c2nc(C3=CCC(c4ccccc4)C=C3)nc(-c3cc(-c4ccccc4)c(-n4c5ccccc5c5c6c(ccc54)oc4ccccc46)c(-c4ccccc4)c3)n2)C=C1. The molecule has 12 rings (SSSR count). The Morgan fingerprint density at radius 1 is 0.500 bits per heavy atom. The highest BCUT2D eigenvalue weighted by Crippen LogP contribution is 2.46. The quantitative estimate of drug-likeness (QED) is 0.161. The van der Waals surface area contributed by atoms with Gasteiger partial charge < -0.3 is 8.98 Å². The maximum Gasteiger partial charge on any atom is 0.163 e. The Bertz CT molecular complexity index is 3400. The van der Waals surface area contributed by atoms with Crippen molar-refractivity contribution >= 4 is 49.3 Å². The fourth-order valence-corrected chi connectivity index (χ4v) is 9.52. The van der Waals surface area contributed by atoms with Crippen molar-refractivity contribution in [2.45, 2.75) is 24.7 Å². The number of allylic oxidation sites excluding steroid dienone is 8. The van der Waals surface area contributed by atoms with Crippen LogP contribution in [0, 0.1) is 0 Å². The van der Waals surface area contributed by atoms with Crippen LogP contribution in [-0.2, 0) is 0 Å². The molecule has 0 saturated heterocycles. The molecule has 0 N–H and O–H groups in total. The molecule has 0 saturated carbocycles. The van der Waals surface area contributed by atoms with Gasteiger partial charge in [0.25, 0.3) is 0 Å². The fourth-order valence-electron chi connectivity index (χ4n) is 9.52. The van der Waals surface area contributed by atoms with Gasteiger partial charge in [-0.3, -0.25) is 0 Å². The summed E-state index contributed by atoms with van der Waals surface area (Å²) < 4.78 is 8.93. The Hall–Kier alpha value is -7.89. The van der Waals surface area contributed by atoms with Gasteiger partial charge in [-0.25, -0.2) is 15.0 Å². The van der Waals surface area contributed by atoms with Crippen molar-refractivity contribution < 1.29 is 4.42 Å². The first-order valence-electron chi connectivity index (χ1n) is 21.4. The van der Waals surface area contributed by atoms with Crippen molar-refractivity contribution in [3.05, 3.63) is 224 Å². The van der Waals surface area contributed by atoms with E-state index in [2.05, 4.69) is 205 Å². The summed E-state index contributed by atoms with van der Waals surface area (Å²) in [5.41, 5.74) is 12.7. The molecule has 0 aliphatic heterocycles. The van der Waals surface area contributed by atoms with Crippen LogP contribution in [0.4, 0.5) is 0 Å². The zero-order chi connectivity index (χ0) is 41.0. The molecule has 0 spiro atoms. The van der Waals surface area contributed by atoms with Crippen LogP contribution in [0.15, 0.2) is 211 Å². The van der Waals surface area contributed by atoms with Crippen LogP contribution >= 0.6 is 0 Å². The lowest BCUT2D eigenvalue weighted by Crippen LogP contribution is -2.10. The molecule has 62 heavy (non-hydrogen) atoms. The van der Waals surface area contributed by atoms with Crippen molar-refractivity contribution in [3.63, 3.8) is 0 Å². The Morgan fingerprint density at radius 2 is 1.18 bits per heavy atom. The lowest BCUT2D eigenvalue weighted by Gasteiger charge is -2.21. The number of furan rings is 1. The summed E-state index contributed by atoms with van der Waals surface area (Å²) in [5.74, 6) is 2.48. The monoisotopic (exact) mass is 796 g/mol. The summed E-state index contributed by atoms with van der Waals surface area (Å²) in [6, 6.07) is 58.2. The minimum atomic E-state index is 0.0423. The molecule has 2 aliphatic rings. The molecule has 3 heterocycles. The third-order valence-corrected chi connectivity index (χ3v) is 12.5. The van der Waals surface area contributed by atoms with Crippen molar-refractivity contribution in [2.75, 3.05) is 0 Å². The van der Waals surface area contributed by atoms with Crippen molar-refractivity contribution in [2.24, 2.45) is 0 Å². The van der Waals surface area contributed by atoms with E-state index in [0.29, 0.717) is 17.6 Å². The largest absolute Gasteiger partial charge is 0.456 e. The number of hydrogen-bond acceptors (Lipinski definition) is 4. The fraction of sp³-hybridized carbons (Fsp3) is 0.0702. The number of aromatic nitrogens is 4. The van der Waals surface area contributed by atoms with Gasteiger partial charge in [0, 0.05) is 55.6 Å². The van der Waals surface area contributed by atoms with Gasteiger partial charge in [0.2, 0.25) is 0 Å². The second-order valence-electron chi connectivity index (χ2n) is 16.2. The van der Waals surface area contributed by atoms with Crippen LogP contribution in [-0.4, -0.2) is 19.5 Å². The number of rotatable bonds is 7. The second kappa shape index (κ2) is 15.0. The first kappa shape index (κ1) is 36.0. The molecular formula is C57H40N4O. The Kier molecular flexibility index (Phi) is 8.70. The molecule has 2 atom stereocenters. The zero-order valence-corrected chi connectivity index (χ0v) is 33.9. The van der Waals surface area contributed by atoms with E-state index in [0.717, 1.165) is 90.7 Å². The topological polar surface area (TPSA) is 56.7 Å². The molecular weight excluding hydrogens is 757 g/mol. The van der Waals surface area contributed by atoms with E-state index < -0.39 is 0 Å². The van der Waals surface area contributed by atoms with Gasteiger partial charge in [-0.2, -0.15) is 0 Å². The van der Waals surface area contributed by atoms with Gasteiger partial charge in [0.05, 0.1) is 16.7 Å². The molecule has 0 fully saturated rings. The van der Waals surface area contributed by atoms with Gasteiger partial charge in [-0.15, -0.1) is 0 Å². The van der Waals surface area contributed by atoms with Gasteiger partial charge >= 0.3 is 0 Å². The minimum absolute atomic E-state index is 0.0423. The number of fused-ring (bicyclic) bond motifs is 7. The van der Waals surface area contributed by atoms with Crippen molar-refractivity contribution in [1.82, 2.24) is 19.5 Å². The van der Waals surface area contributed by atoms with Crippen LogP contribution in [0.3, 0.4) is 0 Å². The third-order valence-electron chi connectivity index (χ3n) is 12.5. The van der Waals surface area contributed by atoms with E-state index in [1.54, 1.807) is 0 Å². The summed E-state index contributed by atoms with van der Waals surface area (Å²) in [4.78, 5) is 15.9. The third kappa shape index (κ3) is 6.12. The Labute approximate surface area is 359 Å². The standard InChI is InChI=1S/C57H40N4O/c1-5-17-37(18-6-1)38-29-31-42(32-30-38)56-58-55(41-23-11-4-12-24-41)59-57(60-56)43-35-46(39-19-7-2-8-20-39)54(47(36-43)40-21-9-3-10-22-40)61-48-27-15-13-25-44(48)52-49(61)33-34-51-53(52)45-26-14-16-28-50(45)62-51/h1-23,25-29,31-36,38,41H,24,30H2/t38?,41-/m1/s1. The van der Waals surface area contributed by atoms with Crippen LogP contribution < -0.4 is 0 Å². The molecule has 5 nitrogen and oxygen atoms in total. The maximum atomic E-state index is 6.46. The lowest BCUT2D eigenvalue weighted by molar-refractivity contribution is 0.669. The van der Waals surface area contributed by atoms with Crippen LogP contribution in [0.5, 0.6) is 0 Å². The first-order valence-corrected chi connectivity index (χ1v) is 21.4. The lowest BCUT2D eigenvalue weighted by atomic mass is 9.90. The predicted octanol–water partition coefficient (Wildman–Crippen LogP) is 14.6. The van der Waals surface area contributed by atoms with E-state index in [1.165, 1.54) is 16.3 Å². The normalized spacial score (nSPS) is 16.2. The molecule has 10 aromatic rings. The highest BCUT2D eigenvalue weighted by Gasteiger charge is 2.26. The first-order chi connectivity index (χ1) is 30.7. The smallest absolute Gasteiger partial charge is 0.163 e. The van der Waals surface area contributed by atoms with E-state index in [9.17, 15) is 0 Å². The van der Waals surface area contributed by atoms with E-state index in [1.807, 2.05) is 6.07 Å². The van der Waals surface area contributed by atoms with Crippen LogP contribution in [0.1, 0.15) is 41.9 Å². The predicted molar refractivity (Wildman–Crippen MR) is 254 cm³/mol. The highest BCUT2D eigenvalue weighted by atomic mass is 16.3. The van der Waals surface area contributed by atoms with E-state index in [-0.39, 0.29) is 5.92 Å². The number of benzene rings is 7. The van der Waals surface area contributed by atoms with Crippen molar-refractivity contribution in [3.8, 4) is 39.3 Å². The molecule has 1 unspecified atom stereocenters. The van der Waals surface area contributed by atoms with E-state index >= 15 is 0 Å². The van der Waals surface area contributed by atoms with Crippen molar-refractivity contribution in [1.29, 1.82) is 0 Å². The van der Waals surface area contributed by atoms with Gasteiger partial charge in [0.15, 0.2) is 11.6 Å². The average Bonchev–Trinajstić information content (AvgIpc) is 3.90.